The van der Waals surface area contributed by atoms with Crippen LogP contribution < -0.4 is 0 Å². The fourth-order valence-corrected chi connectivity index (χ4v) is 7.28. The van der Waals surface area contributed by atoms with Crippen LogP contribution in [-0.2, 0) is 0 Å². The van der Waals surface area contributed by atoms with Crippen LogP contribution in [-0.4, -0.2) is 15.0 Å². The predicted octanol–water partition coefficient (Wildman–Crippen LogP) is 12.9. The van der Waals surface area contributed by atoms with Crippen molar-refractivity contribution in [2.24, 2.45) is 0 Å². The number of benzene rings is 8. The maximum absolute atomic E-state index is 6.42. The van der Waals surface area contributed by atoms with E-state index in [-0.39, 0.29) is 0 Å². The number of nitrogens with zero attached hydrogens (tertiary/aromatic N) is 3. The summed E-state index contributed by atoms with van der Waals surface area (Å²) in [6, 6.07) is 65.2. The summed E-state index contributed by atoms with van der Waals surface area (Å²) in [5.41, 5.74) is 11.1. The molecule has 0 amide bonds. The second-order valence-electron chi connectivity index (χ2n) is 13.2. The highest BCUT2D eigenvalue weighted by Gasteiger charge is 2.22. The van der Waals surface area contributed by atoms with Crippen LogP contribution in [0.2, 0.25) is 0 Å². The first-order valence-electron chi connectivity index (χ1n) is 17.8. The van der Waals surface area contributed by atoms with Crippen molar-refractivity contribution >= 4 is 32.7 Å². The van der Waals surface area contributed by atoms with Crippen LogP contribution in [0.15, 0.2) is 192 Å². The third-order valence-corrected chi connectivity index (χ3v) is 9.96. The van der Waals surface area contributed by atoms with Gasteiger partial charge in [0, 0.05) is 27.5 Å². The quantitative estimate of drug-likeness (QED) is 0.176. The molecular weight excluding hydrogens is 647 g/mol. The smallest absolute Gasteiger partial charge is 0.165 e. The van der Waals surface area contributed by atoms with Crippen LogP contribution in [0.4, 0.5) is 0 Å². The van der Waals surface area contributed by atoms with Crippen LogP contribution >= 0.6 is 0 Å². The van der Waals surface area contributed by atoms with Crippen LogP contribution in [0.1, 0.15) is 0 Å². The number of para-hydroxylation sites is 1. The van der Waals surface area contributed by atoms with Gasteiger partial charge in [-0.1, -0.05) is 164 Å². The average molecular weight is 678 g/mol. The third-order valence-electron chi connectivity index (χ3n) is 9.96. The molecule has 0 bridgehead atoms. The molecule has 0 radical (unpaired) electrons. The molecule has 2 aromatic heterocycles. The van der Waals surface area contributed by atoms with E-state index in [1.54, 1.807) is 0 Å². The Labute approximate surface area is 306 Å². The fraction of sp³-hybridized carbons (Fsp3) is 0. The van der Waals surface area contributed by atoms with E-state index in [1.165, 1.54) is 16.3 Å². The molecule has 4 nitrogen and oxygen atoms in total. The number of furan rings is 1. The van der Waals surface area contributed by atoms with Crippen LogP contribution in [0.3, 0.4) is 0 Å². The van der Waals surface area contributed by atoms with E-state index in [1.807, 2.05) is 54.6 Å². The molecule has 8 aromatic carbocycles. The zero-order valence-electron chi connectivity index (χ0n) is 28.6. The summed E-state index contributed by atoms with van der Waals surface area (Å²) in [5.74, 6) is 1.81. The normalized spacial score (nSPS) is 11.4. The molecule has 0 aliphatic carbocycles. The maximum atomic E-state index is 6.42. The van der Waals surface area contributed by atoms with Crippen molar-refractivity contribution in [2.45, 2.75) is 0 Å². The molecule has 4 heteroatoms. The van der Waals surface area contributed by atoms with Gasteiger partial charge in [0.25, 0.3) is 0 Å². The van der Waals surface area contributed by atoms with Gasteiger partial charge in [-0.3, -0.25) is 0 Å². The van der Waals surface area contributed by atoms with Crippen LogP contribution in [0.5, 0.6) is 0 Å². The SMILES string of the molecule is c1ccc(-c2ccc(-c3ccc4oc5ccccc5c4c3-c3nc(-c4ccccc4)nc(-c4ccc(-c5ccc6ccccc6c5)cc4)n3)cc2)cc1. The monoisotopic (exact) mass is 677 g/mol. The van der Waals surface area contributed by atoms with Crippen LogP contribution in [0.25, 0.3) is 100 Å². The Morgan fingerprint density at radius 2 is 0.830 bits per heavy atom. The Hall–Kier alpha value is -7.17. The van der Waals surface area contributed by atoms with E-state index < -0.39 is 0 Å². The molecular formula is C49H31N3O. The van der Waals surface area contributed by atoms with E-state index in [9.17, 15) is 0 Å². The lowest BCUT2D eigenvalue weighted by molar-refractivity contribution is 0.669. The van der Waals surface area contributed by atoms with Crippen molar-refractivity contribution in [3.8, 4) is 67.5 Å². The van der Waals surface area contributed by atoms with Gasteiger partial charge in [0.15, 0.2) is 17.5 Å². The lowest BCUT2D eigenvalue weighted by Crippen LogP contribution is -2.01. The second-order valence-corrected chi connectivity index (χ2v) is 13.2. The van der Waals surface area contributed by atoms with E-state index >= 15 is 0 Å². The predicted molar refractivity (Wildman–Crippen MR) is 217 cm³/mol. The second kappa shape index (κ2) is 12.9. The van der Waals surface area contributed by atoms with E-state index in [4.69, 9.17) is 19.4 Å². The van der Waals surface area contributed by atoms with Crippen molar-refractivity contribution in [1.29, 1.82) is 0 Å². The van der Waals surface area contributed by atoms with Crippen molar-refractivity contribution in [2.75, 3.05) is 0 Å². The molecule has 248 valence electrons. The minimum absolute atomic E-state index is 0.590. The minimum atomic E-state index is 0.590. The van der Waals surface area contributed by atoms with Gasteiger partial charge in [0.2, 0.25) is 0 Å². The van der Waals surface area contributed by atoms with E-state index in [0.717, 1.165) is 66.4 Å². The van der Waals surface area contributed by atoms with E-state index in [0.29, 0.717) is 17.5 Å². The van der Waals surface area contributed by atoms with Gasteiger partial charge in [-0.15, -0.1) is 0 Å². The highest BCUT2D eigenvalue weighted by atomic mass is 16.3. The Bertz CT molecular complexity index is 2910. The molecule has 0 atom stereocenters. The summed E-state index contributed by atoms with van der Waals surface area (Å²) < 4.78 is 6.42. The molecule has 10 aromatic rings. The molecule has 0 aliphatic rings. The van der Waals surface area contributed by atoms with Gasteiger partial charge in [0.05, 0.1) is 0 Å². The van der Waals surface area contributed by atoms with E-state index in [2.05, 4.69) is 133 Å². The molecule has 0 unspecified atom stereocenters. The number of rotatable bonds is 6. The van der Waals surface area contributed by atoms with Gasteiger partial charge in [-0.2, -0.15) is 0 Å². The Morgan fingerprint density at radius 3 is 1.57 bits per heavy atom. The number of fused-ring (bicyclic) bond motifs is 4. The summed E-state index contributed by atoms with van der Waals surface area (Å²) in [5, 5.41) is 4.44. The lowest BCUT2D eigenvalue weighted by Gasteiger charge is -2.14. The highest BCUT2D eigenvalue weighted by Crippen LogP contribution is 2.43. The summed E-state index contributed by atoms with van der Waals surface area (Å²) in [7, 11) is 0. The van der Waals surface area contributed by atoms with Gasteiger partial charge in [-0.05, 0) is 68.4 Å². The maximum Gasteiger partial charge on any atom is 0.165 e. The lowest BCUT2D eigenvalue weighted by atomic mass is 9.93. The minimum Gasteiger partial charge on any atom is -0.456 e. The Balaban J connectivity index is 1.17. The molecule has 0 saturated carbocycles. The zero-order valence-corrected chi connectivity index (χ0v) is 28.6. The summed E-state index contributed by atoms with van der Waals surface area (Å²) >= 11 is 0. The molecule has 0 N–H and O–H groups in total. The van der Waals surface area contributed by atoms with Gasteiger partial charge in [0.1, 0.15) is 11.2 Å². The number of aromatic nitrogens is 3. The largest absolute Gasteiger partial charge is 0.456 e. The summed E-state index contributed by atoms with van der Waals surface area (Å²) in [6.07, 6.45) is 0. The van der Waals surface area contributed by atoms with Gasteiger partial charge < -0.3 is 4.42 Å². The van der Waals surface area contributed by atoms with Crippen molar-refractivity contribution in [1.82, 2.24) is 15.0 Å². The fourth-order valence-electron chi connectivity index (χ4n) is 7.28. The third kappa shape index (κ3) is 5.63. The van der Waals surface area contributed by atoms with Gasteiger partial charge in [-0.25, -0.2) is 15.0 Å². The topological polar surface area (TPSA) is 51.8 Å². The molecule has 0 saturated heterocycles. The molecule has 2 heterocycles. The van der Waals surface area contributed by atoms with Crippen LogP contribution in [0, 0.1) is 0 Å². The molecule has 0 spiro atoms. The van der Waals surface area contributed by atoms with Crippen molar-refractivity contribution < 1.29 is 4.42 Å². The molecule has 0 fully saturated rings. The Morgan fingerprint density at radius 1 is 0.321 bits per heavy atom. The summed E-state index contributed by atoms with van der Waals surface area (Å²) in [4.78, 5) is 15.6. The first-order valence-corrected chi connectivity index (χ1v) is 17.8. The molecule has 53 heavy (non-hydrogen) atoms. The summed E-state index contributed by atoms with van der Waals surface area (Å²) in [6.45, 7) is 0. The zero-order chi connectivity index (χ0) is 35.1. The number of hydrogen-bond acceptors (Lipinski definition) is 4. The average Bonchev–Trinajstić information content (AvgIpc) is 3.63. The van der Waals surface area contributed by atoms with Crippen molar-refractivity contribution in [3.05, 3.63) is 188 Å². The molecule has 10 rings (SSSR count). The van der Waals surface area contributed by atoms with Gasteiger partial charge >= 0.3 is 0 Å². The first-order chi connectivity index (χ1) is 26.2. The highest BCUT2D eigenvalue weighted by molar-refractivity contribution is 6.15. The van der Waals surface area contributed by atoms with Crippen molar-refractivity contribution in [3.63, 3.8) is 0 Å². The molecule has 0 aliphatic heterocycles. The number of hydrogen-bond donors (Lipinski definition) is 0. The first kappa shape index (κ1) is 30.6. The Kier molecular flexibility index (Phi) is 7.43. The standard InChI is InChI=1S/C49H31N3O/c1-3-11-32(12-4-1)34-19-24-36(25-20-34)41-29-30-44-45(42-17-9-10-18-43(42)53-44)46(41)49-51-47(37-14-5-2-6-15-37)50-48(52-49)38-26-21-35(22-27-38)40-28-23-33-13-7-8-16-39(33)31-40/h1-31H.